The molecule has 110 valence electrons. The topological polar surface area (TPSA) is 36.3 Å². The maximum atomic E-state index is 6.07. The third-order valence-corrected chi connectivity index (χ3v) is 3.77. The van der Waals surface area contributed by atoms with Crippen LogP contribution in [0.15, 0.2) is 18.2 Å². The van der Waals surface area contributed by atoms with Gasteiger partial charge < -0.3 is 14.0 Å². The highest BCUT2D eigenvalue weighted by molar-refractivity contribution is 6.16. The maximum absolute atomic E-state index is 6.07. The van der Waals surface area contributed by atoms with Crippen molar-refractivity contribution in [2.24, 2.45) is 5.92 Å². The van der Waals surface area contributed by atoms with Crippen LogP contribution in [0.1, 0.15) is 25.7 Å². The van der Waals surface area contributed by atoms with E-state index < -0.39 is 0 Å². The minimum Gasteiger partial charge on any atom is -0.497 e. The van der Waals surface area contributed by atoms with Gasteiger partial charge in [-0.25, -0.2) is 4.98 Å². The molecular weight excluding hydrogens is 276 g/mol. The lowest BCUT2D eigenvalue weighted by atomic mass is 10.0. The fraction of sp³-hybridized carbons (Fsp3) is 0.533. The molecule has 0 N–H and O–H groups in total. The van der Waals surface area contributed by atoms with Gasteiger partial charge in [-0.05, 0) is 18.1 Å². The van der Waals surface area contributed by atoms with E-state index in [1.807, 2.05) is 18.2 Å². The Labute approximate surface area is 124 Å². The zero-order valence-corrected chi connectivity index (χ0v) is 13.1. The van der Waals surface area contributed by atoms with Crippen LogP contribution in [0, 0.1) is 5.92 Å². The summed E-state index contributed by atoms with van der Waals surface area (Å²) in [6, 6.07) is 6.13. The number of halogens is 1. The normalized spacial score (nSPS) is 13.1. The largest absolute Gasteiger partial charge is 0.497 e. The van der Waals surface area contributed by atoms with Crippen LogP contribution in [0.2, 0.25) is 0 Å². The lowest BCUT2D eigenvalue weighted by Gasteiger charge is -2.24. The molecule has 0 aliphatic carbocycles. The van der Waals surface area contributed by atoms with Gasteiger partial charge in [0.25, 0.3) is 0 Å². The van der Waals surface area contributed by atoms with Crippen LogP contribution >= 0.6 is 11.6 Å². The fourth-order valence-corrected chi connectivity index (χ4v) is 2.64. The number of imidazole rings is 1. The predicted molar refractivity (Wildman–Crippen MR) is 81.6 cm³/mol. The zero-order valence-electron chi connectivity index (χ0n) is 12.4. The molecule has 1 aromatic carbocycles. The van der Waals surface area contributed by atoms with Crippen molar-refractivity contribution in [3.8, 4) is 5.75 Å². The standard InChI is InChI=1S/C15H21ClN2O2/c1-10(2)14(9-19-3)18-13-6-5-11(20-4)7-12(13)17-15(18)8-16/h5-7,10,14H,8-9H2,1-4H3. The highest BCUT2D eigenvalue weighted by Crippen LogP contribution is 2.29. The number of aromatic nitrogens is 2. The highest BCUT2D eigenvalue weighted by atomic mass is 35.5. The first-order valence-electron chi connectivity index (χ1n) is 6.72. The van der Waals surface area contributed by atoms with Crippen molar-refractivity contribution in [3.05, 3.63) is 24.0 Å². The molecule has 1 unspecified atom stereocenters. The van der Waals surface area contributed by atoms with E-state index in [4.69, 9.17) is 21.1 Å². The molecule has 4 nitrogen and oxygen atoms in total. The van der Waals surface area contributed by atoms with Crippen molar-refractivity contribution in [1.82, 2.24) is 9.55 Å². The number of benzene rings is 1. The van der Waals surface area contributed by atoms with Crippen molar-refractivity contribution >= 4 is 22.6 Å². The number of nitrogens with zero attached hydrogens (tertiary/aromatic N) is 2. The van der Waals surface area contributed by atoms with Gasteiger partial charge >= 0.3 is 0 Å². The monoisotopic (exact) mass is 296 g/mol. The average Bonchev–Trinajstić information content (AvgIpc) is 2.81. The molecule has 1 aromatic heterocycles. The van der Waals surface area contributed by atoms with Crippen LogP contribution in [0.4, 0.5) is 0 Å². The van der Waals surface area contributed by atoms with E-state index in [2.05, 4.69) is 23.4 Å². The first-order chi connectivity index (χ1) is 9.62. The second kappa shape index (κ2) is 6.46. The SMILES string of the molecule is COCC(C(C)C)n1c(CCl)nc2cc(OC)ccc21. The summed E-state index contributed by atoms with van der Waals surface area (Å²) in [5.41, 5.74) is 1.97. The van der Waals surface area contributed by atoms with Crippen LogP contribution in [0.5, 0.6) is 5.75 Å². The number of fused-ring (bicyclic) bond motifs is 1. The van der Waals surface area contributed by atoms with Gasteiger partial charge in [-0.1, -0.05) is 13.8 Å². The maximum Gasteiger partial charge on any atom is 0.125 e. The van der Waals surface area contributed by atoms with E-state index in [0.29, 0.717) is 18.4 Å². The molecule has 0 aliphatic heterocycles. The van der Waals surface area contributed by atoms with Crippen molar-refractivity contribution in [2.45, 2.75) is 25.8 Å². The van der Waals surface area contributed by atoms with Gasteiger partial charge in [0.1, 0.15) is 11.6 Å². The fourth-order valence-electron chi connectivity index (χ4n) is 2.46. The van der Waals surface area contributed by atoms with E-state index in [9.17, 15) is 0 Å². The molecule has 0 saturated carbocycles. The highest BCUT2D eigenvalue weighted by Gasteiger charge is 2.21. The summed E-state index contributed by atoms with van der Waals surface area (Å²) in [5.74, 6) is 2.47. The number of rotatable bonds is 6. The second-order valence-electron chi connectivity index (χ2n) is 5.15. The number of alkyl halides is 1. The Morgan fingerprint density at radius 3 is 2.60 bits per heavy atom. The zero-order chi connectivity index (χ0) is 14.7. The lowest BCUT2D eigenvalue weighted by molar-refractivity contribution is 0.134. The van der Waals surface area contributed by atoms with Gasteiger partial charge in [0, 0.05) is 13.2 Å². The van der Waals surface area contributed by atoms with Crippen molar-refractivity contribution < 1.29 is 9.47 Å². The van der Waals surface area contributed by atoms with Gasteiger partial charge in [0.15, 0.2) is 0 Å². The van der Waals surface area contributed by atoms with Crippen molar-refractivity contribution in [1.29, 1.82) is 0 Å². The van der Waals surface area contributed by atoms with Gasteiger partial charge in [0.2, 0.25) is 0 Å². The first kappa shape index (κ1) is 15.1. The van der Waals surface area contributed by atoms with Crippen LogP contribution < -0.4 is 4.74 Å². The summed E-state index contributed by atoms with van der Waals surface area (Å²) in [4.78, 5) is 4.62. The summed E-state index contributed by atoms with van der Waals surface area (Å²) in [6.07, 6.45) is 0. The third-order valence-electron chi connectivity index (χ3n) is 3.53. The van der Waals surface area contributed by atoms with E-state index in [1.54, 1.807) is 14.2 Å². The smallest absolute Gasteiger partial charge is 0.125 e. The molecule has 2 rings (SSSR count). The lowest BCUT2D eigenvalue weighted by Crippen LogP contribution is -2.21. The summed E-state index contributed by atoms with van der Waals surface area (Å²) in [5, 5.41) is 0. The van der Waals surface area contributed by atoms with E-state index in [1.165, 1.54) is 0 Å². The van der Waals surface area contributed by atoms with E-state index in [-0.39, 0.29) is 6.04 Å². The molecule has 0 aliphatic rings. The van der Waals surface area contributed by atoms with Crippen LogP contribution in [0.25, 0.3) is 11.0 Å². The van der Waals surface area contributed by atoms with Crippen LogP contribution in [0.3, 0.4) is 0 Å². The Hall–Kier alpha value is -1.26. The number of hydrogen-bond donors (Lipinski definition) is 0. The summed E-state index contributed by atoms with van der Waals surface area (Å²) in [6.45, 7) is 4.99. The Morgan fingerprint density at radius 1 is 1.30 bits per heavy atom. The molecule has 1 heterocycles. The Bertz CT molecular complexity index is 581. The summed E-state index contributed by atoms with van der Waals surface area (Å²) < 4.78 is 12.8. The van der Waals surface area contributed by atoms with Crippen molar-refractivity contribution in [3.63, 3.8) is 0 Å². The molecule has 0 spiro atoms. The number of hydrogen-bond acceptors (Lipinski definition) is 3. The molecule has 1 atom stereocenters. The third kappa shape index (κ3) is 2.76. The molecular formula is C15H21ClN2O2. The Balaban J connectivity index is 2.59. The van der Waals surface area contributed by atoms with Gasteiger partial charge in [-0.15, -0.1) is 11.6 Å². The molecule has 0 bridgehead atoms. The molecule has 0 radical (unpaired) electrons. The van der Waals surface area contributed by atoms with E-state index in [0.717, 1.165) is 22.6 Å². The van der Waals surface area contributed by atoms with Gasteiger partial charge in [-0.2, -0.15) is 0 Å². The quantitative estimate of drug-likeness (QED) is 0.764. The molecule has 0 amide bonds. The minimum atomic E-state index is 0.215. The summed E-state index contributed by atoms with van der Waals surface area (Å²) in [7, 11) is 3.38. The first-order valence-corrected chi connectivity index (χ1v) is 7.25. The van der Waals surface area contributed by atoms with Crippen LogP contribution in [-0.4, -0.2) is 30.4 Å². The second-order valence-corrected chi connectivity index (χ2v) is 5.42. The number of ether oxygens (including phenoxy) is 2. The van der Waals surface area contributed by atoms with Gasteiger partial charge in [0.05, 0.1) is 36.7 Å². The molecule has 0 saturated heterocycles. The average molecular weight is 297 g/mol. The van der Waals surface area contributed by atoms with Crippen LogP contribution in [-0.2, 0) is 10.6 Å². The predicted octanol–water partition coefficient (Wildman–Crippen LogP) is 3.63. The molecule has 20 heavy (non-hydrogen) atoms. The molecule has 0 fully saturated rings. The Morgan fingerprint density at radius 2 is 2.05 bits per heavy atom. The molecule has 2 aromatic rings. The number of methoxy groups -OCH3 is 2. The van der Waals surface area contributed by atoms with Gasteiger partial charge in [-0.3, -0.25) is 0 Å². The minimum absolute atomic E-state index is 0.215. The molecule has 5 heteroatoms. The Kier molecular flexibility index (Phi) is 4.89. The summed E-state index contributed by atoms with van der Waals surface area (Å²) >= 11 is 6.07. The van der Waals surface area contributed by atoms with E-state index >= 15 is 0 Å². The van der Waals surface area contributed by atoms with Crippen molar-refractivity contribution in [2.75, 3.05) is 20.8 Å².